The summed E-state index contributed by atoms with van der Waals surface area (Å²) in [6, 6.07) is 12.3. The third kappa shape index (κ3) is 4.52. The Kier molecular flexibility index (Phi) is 6.41. The van der Waals surface area contributed by atoms with Gasteiger partial charge in [0.1, 0.15) is 11.3 Å². The summed E-state index contributed by atoms with van der Waals surface area (Å²) in [5.74, 6) is -0.547. The van der Waals surface area contributed by atoms with Crippen LogP contribution < -0.4 is 0 Å². The van der Waals surface area contributed by atoms with E-state index in [2.05, 4.69) is 10.3 Å². The van der Waals surface area contributed by atoms with Gasteiger partial charge >= 0.3 is 5.97 Å². The molecule has 8 heteroatoms. The van der Waals surface area contributed by atoms with Crippen molar-refractivity contribution in [3.05, 3.63) is 76.6 Å². The molecule has 1 aromatic heterocycles. The minimum absolute atomic E-state index is 0.235. The Hall–Kier alpha value is -3.45. The largest absolute Gasteiger partial charge is 0.503 e. The fourth-order valence-electron chi connectivity index (χ4n) is 2.89. The number of benzene rings is 2. The number of esters is 1. The monoisotopic (exact) mass is 411 g/mol. The van der Waals surface area contributed by atoms with Crippen molar-refractivity contribution in [2.75, 3.05) is 14.2 Å². The Morgan fingerprint density at radius 1 is 1.21 bits per heavy atom. The molecule has 1 heterocycles. The molecular weight excluding hydrogens is 394 g/mol. The molecule has 3 aromatic rings. The number of methoxy groups -OCH3 is 2. The van der Waals surface area contributed by atoms with E-state index in [-0.39, 0.29) is 5.57 Å². The van der Waals surface area contributed by atoms with Gasteiger partial charge < -0.3 is 9.47 Å². The second kappa shape index (κ2) is 9.16. The lowest BCUT2D eigenvalue weighted by atomic mass is 10.0. The van der Waals surface area contributed by atoms with E-state index in [1.165, 1.54) is 20.5 Å². The van der Waals surface area contributed by atoms with Gasteiger partial charge in [-0.3, -0.25) is 4.79 Å². The van der Waals surface area contributed by atoms with E-state index in [9.17, 15) is 9.59 Å². The Morgan fingerprint density at radius 3 is 2.72 bits per heavy atom. The SMILES string of the molecule is CO/C=C(/C(=O)OC)c1cc(Cl)ccc1Cn1cc(-c2ccccc2C=O)nn1. The highest BCUT2D eigenvalue weighted by Crippen LogP contribution is 2.26. The number of carbonyl (C=O) groups is 2. The normalized spacial score (nSPS) is 11.2. The first kappa shape index (κ1) is 20.3. The van der Waals surface area contributed by atoms with E-state index < -0.39 is 5.97 Å². The average molecular weight is 412 g/mol. The van der Waals surface area contributed by atoms with Gasteiger partial charge in [-0.15, -0.1) is 5.10 Å². The van der Waals surface area contributed by atoms with E-state index in [1.54, 1.807) is 41.2 Å². The number of rotatable bonds is 7. The van der Waals surface area contributed by atoms with Crippen molar-refractivity contribution in [2.24, 2.45) is 0 Å². The smallest absolute Gasteiger partial charge is 0.341 e. The summed E-state index contributed by atoms with van der Waals surface area (Å²) in [4.78, 5) is 23.5. The summed E-state index contributed by atoms with van der Waals surface area (Å²) in [5, 5.41) is 8.78. The molecule has 0 N–H and O–H groups in total. The Bertz CT molecular complexity index is 1080. The van der Waals surface area contributed by atoms with Crippen LogP contribution in [0.5, 0.6) is 0 Å². The van der Waals surface area contributed by atoms with Crippen molar-refractivity contribution in [3.63, 3.8) is 0 Å². The molecular formula is C21H18ClN3O4. The van der Waals surface area contributed by atoms with Crippen molar-refractivity contribution >= 4 is 29.4 Å². The molecule has 0 saturated carbocycles. The molecule has 0 atom stereocenters. The van der Waals surface area contributed by atoms with Crippen molar-refractivity contribution in [1.29, 1.82) is 0 Å². The minimum Gasteiger partial charge on any atom is -0.503 e. The topological polar surface area (TPSA) is 83.3 Å². The van der Waals surface area contributed by atoms with Crippen LogP contribution in [0.2, 0.25) is 5.02 Å². The molecule has 7 nitrogen and oxygen atoms in total. The fraction of sp³-hybridized carbons (Fsp3) is 0.143. The first-order valence-corrected chi connectivity index (χ1v) is 9.00. The van der Waals surface area contributed by atoms with E-state index in [1.807, 2.05) is 12.1 Å². The summed E-state index contributed by atoms with van der Waals surface area (Å²) in [7, 11) is 2.74. The summed E-state index contributed by atoms with van der Waals surface area (Å²) in [5.41, 5.74) is 3.37. The number of hydrogen-bond acceptors (Lipinski definition) is 6. The first-order valence-electron chi connectivity index (χ1n) is 8.62. The van der Waals surface area contributed by atoms with E-state index in [0.717, 1.165) is 11.8 Å². The molecule has 0 aliphatic carbocycles. The molecule has 148 valence electrons. The van der Waals surface area contributed by atoms with Crippen LogP contribution in [-0.2, 0) is 20.8 Å². The number of carbonyl (C=O) groups excluding carboxylic acids is 2. The van der Waals surface area contributed by atoms with Gasteiger partial charge in [-0.25, -0.2) is 9.48 Å². The van der Waals surface area contributed by atoms with Crippen LogP contribution in [0.25, 0.3) is 16.8 Å². The quantitative estimate of drug-likeness (QED) is 0.255. The van der Waals surface area contributed by atoms with Crippen molar-refractivity contribution in [2.45, 2.75) is 6.54 Å². The molecule has 0 fully saturated rings. The van der Waals surface area contributed by atoms with E-state index in [4.69, 9.17) is 21.1 Å². The Balaban J connectivity index is 1.98. The lowest BCUT2D eigenvalue weighted by molar-refractivity contribution is -0.133. The summed E-state index contributed by atoms with van der Waals surface area (Å²) < 4.78 is 11.5. The number of halogens is 1. The van der Waals surface area contributed by atoms with Crippen molar-refractivity contribution in [1.82, 2.24) is 15.0 Å². The van der Waals surface area contributed by atoms with Crippen LogP contribution in [0.3, 0.4) is 0 Å². The maximum absolute atomic E-state index is 12.2. The second-order valence-corrected chi connectivity index (χ2v) is 6.50. The van der Waals surface area contributed by atoms with Crippen LogP contribution in [0.15, 0.2) is 54.9 Å². The summed E-state index contributed by atoms with van der Waals surface area (Å²) in [6.45, 7) is 0.320. The number of hydrogen-bond donors (Lipinski definition) is 0. The number of aromatic nitrogens is 3. The first-order chi connectivity index (χ1) is 14.1. The van der Waals surface area contributed by atoms with Crippen LogP contribution in [0, 0.1) is 0 Å². The lowest BCUT2D eigenvalue weighted by Crippen LogP contribution is -2.09. The molecule has 0 bridgehead atoms. The van der Waals surface area contributed by atoms with Gasteiger partial charge in [0.2, 0.25) is 0 Å². The highest BCUT2D eigenvalue weighted by atomic mass is 35.5. The lowest BCUT2D eigenvalue weighted by Gasteiger charge is -2.12. The van der Waals surface area contributed by atoms with Gasteiger partial charge in [-0.1, -0.05) is 47.1 Å². The summed E-state index contributed by atoms with van der Waals surface area (Å²) >= 11 is 6.14. The van der Waals surface area contributed by atoms with Gasteiger partial charge in [0, 0.05) is 16.1 Å². The molecule has 0 aliphatic rings. The molecule has 0 amide bonds. The highest BCUT2D eigenvalue weighted by Gasteiger charge is 2.18. The fourth-order valence-corrected chi connectivity index (χ4v) is 3.07. The maximum atomic E-state index is 12.2. The second-order valence-electron chi connectivity index (χ2n) is 6.07. The molecule has 0 unspecified atom stereocenters. The highest BCUT2D eigenvalue weighted by molar-refractivity contribution is 6.31. The van der Waals surface area contributed by atoms with Gasteiger partial charge in [-0.05, 0) is 23.3 Å². The van der Waals surface area contributed by atoms with Crippen LogP contribution in [0.4, 0.5) is 0 Å². The van der Waals surface area contributed by atoms with Crippen molar-refractivity contribution in [3.8, 4) is 11.3 Å². The molecule has 29 heavy (non-hydrogen) atoms. The minimum atomic E-state index is -0.547. The number of aldehydes is 1. The predicted octanol–water partition coefficient (Wildman–Crippen LogP) is 3.62. The molecule has 2 aromatic carbocycles. The number of ether oxygens (including phenoxy) is 2. The zero-order chi connectivity index (χ0) is 20.8. The zero-order valence-corrected chi connectivity index (χ0v) is 16.6. The van der Waals surface area contributed by atoms with Crippen molar-refractivity contribution < 1.29 is 19.1 Å². The van der Waals surface area contributed by atoms with Gasteiger partial charge in [0.05, 0.1) is 33.2 Å². The van der Waals surface area contributed by atoms with Gasteiger partial charge in [0.15, 0.2) is 6.29 Å². The molecule has 0 saturated heterocycles. The molecule has 0 spiro atoms. The molecule has 0 aliphatic heterocycles. The Morgan fingerprint density at radius 2 is 2.00 bits per heavy atom. The average Bonchev–Trinajstić information content (AvgIpc) is 3.21. The van der Waals surface area contributed by atoms with Gasteiger partial charge in [0.25, 0.3) is 0 Å². The van der Waals surface area contributed by atoms with Crippen LogP contribution in [0.1, 0.15) is 21.5 Å². The Labute approximate surface area is 172 Å². The maximum Gasteiger partial charge on any atom is 0.341 e. The number of nitrogens with zero attached hydrogens (tertiary/aromatic N) is 3. The van der Waals surface area contributed by atoms with Crippen LogP contribution in [-0.4, -0.2) is 41.5 Å². The van der Waals surface area contributed by atoms with E-state index in [0.29, 0.717) is 34.0 Å². The molecule has 0 radical (unpaired) electrons. The molecule has 3 rings (SSSR count). The third-order valence-corrected chi connectivity index (χ3v) is 4.47. The van der Waals surface area contributed by atoms with Gasteiger partial charge in [-0.2, -0.15) is 0 Å². The standard InChI is InChI=1S/C21H18ClN3O4/c1-28-13-19(21(27)29-2)18-9-16(22)8-7-14(18)10-25-11-20(23-24-25)17-6-4-3-5-15(17)12-26/h3-9,11-13H,10H2,1-2H3/b19-13+. The van der Waals surface area contributed by atoms with E-state index >= 15 is 0 Å². The zero-order valence-electron chi connectivity index (χ0n) is 15.8. The predicted molar refractivity (Wildman–Crippen MR) is 108 cm³/mol. The van der Waals surface area contributed by atoms with Crippen LogP contribution >= 0.6 is 11.6 Å². The summed E-state index contributed by atoms with van der Waals surface area (Å²) in [6.07, 6.45) is 3.83. The third-order valence-electron chi connectivity index (χ3n) is 4.24.